The van der Waals surface area contributed by atoms with Crippen molar-refractivity contribution >= 4 is 5.91 Å². The van der Waals surface area contributed by atoms with E-state index in [1.54, 1.807) is 31.2 Å². The van der Waals surface area contributed by atoms with Gasteiger partial charge in [0.2, 0.25) is 0 Å². The first-order valence-corrected chi connectivity index (χ1v) is 8.09. The van der Waals surface area contributed by atoms with Crippen LogP contribution in [-0.2, 0) is 6.42 Å². The molecule has 2 atom stereocenters. The van der Waals surface area contributed by atoms with Gasteiger partial charge in [-0.2, -0.15) is 4.98 Å². The fourth-order valence-corrected chi connectivity index (χ4v) is 3.15. The summed E-state index contributed by atoms with van der Waals surface area (Å²) in [5, 5.41) is 16.9. The average molecular weight is 335 g/mol. The first-order chi connectivity index (χ1) is 12.1. The maximum absolute atomic E-state index is 12.5. The number of aryl methyl sites for hydroxylation is 1. The van der Waals surface area contributed by atoms with E-state index in [2.05, 4.69) is 15.5 Å². The van der Waals surface area contributed by atoms with E-state index in [-0.39, 0.29) is 11.9 Å². The number of amides is 1. The van der Waals surface area contributed by atoms with E-state index in [1.165, 1.54) is 0 Å². The van der Waals surface area contributed by atoms with Crippen LogP contribution in [0.4, 0.5) is 0 Å². The highest BCUT2D eigenvalue weighted by molar-refractivity contribution is 5.95. The number of aliphatic hydroxyl groups is 1. The van der Waals surface area contributed by atoms with E-state index in [1.807, 2.05) is 24.3 Å². The molecule has 1 heterocycles. The monoisotopic (exact) mass is 335 g/mol. The lowest BCUT2D eigenvalue weighted by Gasteiger charge is -2.18. The van der Waals surface area contributed by atoms with Crippen molar-refractivity contribution in [2.45, 2.75) is 25.5 Å². The number of aromatic nitrogens is 2. The summed E-state index contributed by atoms with van der Waals surface area (Å²) in [6.07, 6.45) is -0.0571. The maximum atomic E-state index is 12.5. The lowest BCUT2D eigenvalue weighted by atomic mass is 10.1. The molecule has 0 radical (unpaired) electrons. The van der Waals surface area contributed by atoms with Crippen LogP contribution >= 0.6 is 0 Å². The van der Waals surface area contributed by atoms with Crippen LogP contribution in [0.1, 0.15) is 33.4 Å². The lowest BCUT2D eigenvalue weighted by Crippen LogP contribution is -2.33. The summed E-state index contributed by atoms with van der Waals surface area (Å²) >= 11 is 0. The second-order valence-corrected chi connectivity index (χ2v) is 6.15. The van der Waals surface area contributed by atoms with Gasteiger partial charge in [0, 0.05) is 17.5 Å². The van der Waals surface area contributed by atoms with E-state index in [9.17, 15) is 9.90 Å². The summed E-state index contributed by atoms with van der Waals surface area (Å²) in [6.45, 7) is 1.75. The summed E-state index contributed by atoms with van der Waals surface area (Å²) in [6, 6.07) is 14.3. The van der Waals surface area contributed by atoms with Gasteiger partial charge in [0.1, 0.15) is 0 Å². The number of hydrogen-bond acceptors (Lipinski definition) is 5. The van der Waals surface area contributed by atoms with Crippen molar-refractivity contribution < 1.29 is 14.4 Å². The Kier molecular flexibility index (Phi) is 3.82. The van der Waals surface area contributed by atoms with Crippen LogP contribution in [0.25, 0.3) is 11.5 Å². The van der Waals surface area contributed by atoms with E-state index in [0.29, 0.717) is 23.7 Å². The molecule has 1 amide bonds. The molecule has 0 saturated carbocycles. The molecule has 1 aliphatic carbocycles. The van der Waals surface area contributed by atoms with Crippen LogP contribution in [0, 0.1) is 6.92 Å². The van der Waals surface area contributed by atoms with Gasteiger partial charge in [0.15, 0.2) is 5.82 Å². The Labute approximate surface area is 144 Å². The molecule has 0 spiro atoms. The van der Waals surface area contributed by atoms with Crippen LogP contribution in [-0.4, -0.2) is 27.3 Å². The number of nitrogens with one attached hydrogen (secondary N) is 1. The highest BCUT2D eigenvalue weighted by atomic mass is 16.5. The van der Waals surface area contributed by atoms with Crippen LogP contribution in [0.2, 0.25) is 0 Å². The molecular weight excluding hydrogens is 318 g/mol. The van der Waals surface area contributed by atoms with Gasteiger partial charge in [-0.05, 0) is 42.3 Å². The Morgan fingerprint density at radius 2 is 1.96 bits per heavy atom. The molecule has 0 aliphatic heterocycles. The van der Waals surface area contributed by atoms with Crippen molar-refractivity contribution in [1.29, 1.82) is 0 Å². The fourth-order valence-electron chi connectivity index (χ4n) is 3.15. The molecule has 0 bridgehead atoms. The summed E-state index contributed by atoms with van der Waals surface area (Å²) in [5.41, 5.74) is 3.31. The molecule has 6 heteroatoms. The minimum Gasteiger partial charge on any atom is -0.390 e. The van der Waals surface area contributed by atoms with Crippen molar-refractivity contribution in [2.75, 3.05) is 0 Å². The Hall–Kier alpha value is -2.99. The number of carbonyl (C=O) groups is 1. The Balaban J connectivity index is 1.52. The highest BCUT2D eigenvalue weighted by Gasteiger charge is 2.32. The third kappa shape index (κ3) is 2.92. The number of hydrogen-bond donors (Lipinski definition) is 2. The van der Waals surface area contributed by atoms with Crippen molar-refractivity contribution in [3.05, 3.63) is 71.0 Å². The molecule has 6 nitrogen and oxygen atoms in total. The first-order valence-electron chi connectivity index (χ1n) is 8.09. The van der Waals surface area contributed by atoms with Crippen LogP contribution in [0.15, 0.2) is 53.1 Å². The van der Waals surface area contributed by atoms with Gasteiger partial charge in [0.05, 0.1) is 12.1 Å². The zero-order valence-electron chi connectivity index (χ0n) is 13.6. The third-order valence-electron chi connectivity index (χ3n) is 4.41. The van der Waals surface area contributed by atoms with Gasteiger partial charge < -0.3 is 14.9 Å². The molecule has 4 rings (SSSR count). The first kappa shape index (κ1) is 15.5. The van der Waals surface area contributed by atoms with Gasteiger partial charge >= 0.3 is 0 Å². The molecule has 0 fully saturated rings. The molecule has 1 aliphatic rings. The molecule has 0 saturated heterocycles. The van der Waals surface area contributed by atoms with Gasteiger partial charge in [-0.3, -0.25) is 4.79 Å². The standard InChI is InChI=1S/C19H17N3O3/c1-11-20-19(25-22-11)13-8-6-12(7-9-13)18(24)21-17-15-5-3-2-4-14(15)10-16(17)23/h2-9,16-17,23H,10H2,1H3,(H,21,24). The second-order valence-electron chi connectivity index (χ2n) is 6.15. The molecular formula is C19H17N3O3. The summed E-state index contributed by atoms with van der Waals surface area (Å²) < 4.78 is 5.12. The predicted molar refractivity (Wildman–Crippen MR) is 90.8 cm³/mol. The number of fused-ring (bicyclic) bond motifs is 1. The molecule has 25 heavy (non-hydrogen) atoms. The predicted octanol–water partition coefficient (Wildman–Crippen LogP) is 2.43. The third-order valence-corrected chi connectivity index (χ3v) is 4.41. The van der Waals surface area contributed by atoms with Crippen LogP contribution < -0.4 is 5.32 Å². The van der Waals surface area contributed by atoms with Gasteiger partial charge in [0.25, 0.3) is 11.8 Å². The molecule has 2 unspecified atom stereocenters. The SMILES string of the molecule is Cc1noc(-c2ccc(C(=O)NC3c4ccccc4CC3O)cc2)n1. The number of carbonyl (C=O) groups excluding carboxylic acids is 1. The van der Waals surface area contributed by atoms with Gasteiger partial charge in [-0.15, -0.1) is 0 Å². The zero-order chi connectivity index (χ0) is 17.4. The summed E-state index contributed by atoms with van der Waals surface area (Å²) in [4.78, 5) is 16.7. The highest BCUT2D eigenvalue weighted by Crippen LogP contribution is 2.31. The molecule has 126 valence electrons. The average Bonchev–Trinajstić information content (AvgIpc) is 3.19. The zero-order valence-corrected chi connectivity index (χ0v) is 13.6. The lowest BCUT2D eigenvalue weighted by molar-refractivity contribution is 0.0858. The number of nitrogens with zero attached hydrogens (tertiary/aromatic N) is 2. The summed E-state index contributed by atoms with van der Waals surface area (Å²) in [7, 11) is 0. The smallest absolute Gasteiger partial charge is 0.257 e. The van der Waals surface area contributed by atoms with Crippen molar-refractivity contribution in [3.63, 3.8) is 0 Å². The number of rotatable bonds is 3. The number of benzene rings is 2. The quantitative estimate of drug-likeness (QED) is 0.767. The topological polar surface area (TPSA) is 88.2 Å². The molecule has 3 aromatic rings. The minimum absolute atomic E-state index is 0.228. The van der Waals surface area contributed by atoms with E-state index < -0.39 is 6.10 Å². The summed E-state index contributed by atoms with van der Waals surface area (Å²) in [5.74, 6) is 0.754. The Morgan fingerprint density at radius 1 is 1.20 bits per heavy atom. The Bertz CT molecular complexity index is 918. The van der Waals surface area contributed by atoms with E-state index in [0.717, 1.165) is 16.7 Å². The minimum atomic E-state index is -0.609. The molecule has 2 N–H and O–H groups in total. The second kappa shape index (κ2) is 6.14. The molecule has 1 aromatic heterocycles. The largest absolute Gasteiger partial charge is 0.390 e. The van der Waals surface area contributed by atoms with Crippen molar-refractivity contribution in [1.82, 2.24) is 15.5 Å². The number of aliphatic hydroxyl groups excluding tert-OH is 1. The van der Waals surface area contributed by atoms with Crippen molar-refractivity contribution in [2.24, 2.45) is 0 Å². The van der Waals surface area contributed by atoms with Gasteiger partial charge in [-0.25, -0.2) is 0 Å². The normalized spacial score (nSPS) is 18.8. The van der Waals surface area contributed by atoms with Crippen LogP contribution in [0.5, 0.6) is 0 Å². The Morgan fingerprint density at radius 3 is 2.68 bits per heavy atom. The van der Waals surface area contributed by atoms with Crippen molar-refractivity contribution in [3.8, 4) is 11.5 Å². The maximum Gasteiger partial charge on any atom is 0.257 e. The van der Waals surface area contributed by atoms with E-state index in [4.69, 9.17) is 4.52 Å². The fraction of sp³-hybridized carbons (Fsp3) is 0.211. The molecule has 2 aromatic carbocycles. The van der Waals surface area contributed by atoms with Gasteiger partial charge in [-0.1, -0.05) is 29.4 Å². The van der Waals surface area contributed by atoms with E-state index >= 15 is 0 Å². The van der Waals surface area contributed by atoms with Crippen LogP contribution in [0.3, 0.4) is 0 Å².